The van der Waals surface area contributed by atoms with Crippen molar-refractivity contribution in [3.8, 4) is 16.2 Å². The van der Waals surface area contributed by atoms with Gasteiger partial charge in [0.2, 0.25) is 0 Å². The van der Waals surface area contributed by atoms with Gasteiger partial charge in [-0.2, -0.15) is 0 Å². The smallest absolute Gasteiger partial charge is 0.127 e. The van der Waals surface area contributed by atoms with Gasteiger partial charge in [-0.15, -0.1) is 11.3 Å². The Balaban J connectivity index is 2.49. The average Bonchev–Trinajstić information content (AvgIpc) is 2.77. The third-order valence-corrected chi connectivity index (χ3v) is 3.70. The molecule has 1 aromatic carbocycles. The van der Waals surface area contributed by atoms with Crippen molar-refractivity contribution in [2.45, 2.75) is 6.54 Å². The van der Waals surface area contributed by atoms with E-state index in [1.54, 1.807) is 18.4 Å². The van der Waals surface area contributed by atoms with Gasteiger partial charge in [0.1, 0.15) is 10.8 Å². The zero-order chi connectivity index (χ0) is 11.5. The quantitative estimate of drug-likeness (QED) is 0.947. The Kier molecular flexibility index (Phi) is 3.58. The van der Waals surface area contributed by atoms with E-state index < -0.39 is 0 Å². The lowest BCUT2D eigenvalue weighted by Crippen LogP contribution is -1.93. The number of nitrogens with zero attached hydrogens (tertiary/aromatic N) is 1. The first-order valence-corrected chi connectivity index (χ1v) is 6.34. The lowest BCUT2D eigenvalue weighted by molar-refractivity contribution is 0.416. The number of hydrogen-bond donors (Lipinski definition) is 1. The lowest BCUT2D eigenvalue weighted by atomic mass is 10.2. The second-order valence-electron chi connectivity index (χ2n) is 3.17. The summed E-state index contributed by atoms with van der Waals surface area (Å²) in [7, 11) is 1.66. The van der Waals surface area contributed by atoms with E-state index in [-0.39, 0.29) is 0 Å². The van der Waals surface area contributed by atoms with Crippen LogP contribution in [0.1, 0.15) is 5.01 Å². The molecule has 1 heterocycles. The molecule has 3 nitrogen and oxygen atoms in total. The van der Waals surface area contributed by atoms with Crippen molar-refractivity contribution in [1.82, 2.24) is 4.98 Å². The highest BCUT2D eigenvalue weighted by molar-refractivity contribution is 9.10. The number of methoxy groups -OCH3 is 1. The molecule has 0 bridgehead atoms. The highest BCUT2D eigenvalue weighted by atomic mass is 79.9. The van der Waals surface area contributed by atoms with Crippen LogP contribution in [0.5, 0.6) is 5.75 Å². The van der Waals surface area contributed by atoms with Crippen LogP contribution in [-0.2, 0) is 6.54 Å². The maximum absolute atomic E-state index is 5.55. The molecule has 2 rings (SSSR count). The van der Waals surface area contributed by atoms with Gasteiger partial charge in [-0.25, -0.2) is 4.98 Å². The molecule has 0 saturated carbocycles. The molecule has 1 aromatic heterocycles. The summed E-state index contributed by atoms with van der Waals surface area (Å²) in [5.41, 5.74) is 6.59. The summed E-state index contributed by atoms with van der Waals surface area (Å²) < 4.78 is 6.34. The summed E-state index contributed by atoms with van der Waals surface area (Å²) in [5, 5.41) is 0.928. The van der Waals surface area contributed by atoms with Crippen molar-refractivity contribution in [3.05, 3.63) is 33.9 Å². The number of ether oxygens (including phenoxy) is 1. The average molecular weight is 299 g/mol. The maximum Gasteiger partial charge on any atom is 0.127 e. The minimum atomic E-state index is 0.473. The molecule has 84 valence electrons. The first-order valence-electron chi connectivity index (χ1n) is 4.73. The predicted molar refractivity (Wildman–Crippen MR) is 69.7 cm³/mol. The van der Waals surface area contributed by atoms with E-state index in [1.165, 1.54) is 0 Å². The molecule has 0 saturated heterocycles. The Morgan fingerprint density at radius 1 is 1.50 bits per heavy atom. The predicted octanol–water partition coefficient (Wildman–Crippen LogP) is 3.04. The van der Waals surface area contributed by atoms with Crippen LogP contribution < -0.4 is 10.5 Å². The number of rotatable bonds is 3. The molecule has 5 heteroatoms. The summed E-state index contributed by atoms with van der Waals surface area (Å²) in [5.74, 6) is 0.843. The van der Waals surface area contributed by atoms with Gasteiger partial charge in [0.05, 0.1) is 12.0 Å². The molecule has 16 heavy (non-hydrogen) atoms. The monoisotopic (exact) mass is 298 g/mol. The molecule has 0 radical (unpaired) electrons. The van der Waals surface area contributed by atoms with Gasteiger partial charge in [-0.3, -0.25) is 0 Å². The van der Waals surface area contributed by atoms with Crippen LogP contribution in [0, 0.1) is 0 Å². The summed E-state index contributed by atoms with van der Waals surface area (Å²) in [6, 6.07) is 5.90. The molecule has 0 aliphatic carbocycles. The molecule has 0 atom stereocenters. The molecule has 0 amide bonds. The molecule has 0 aliphatic rings. The van der Waals surface area contributed by atoms with E-state index in [2.05, 4.69) is 20.9 Å². The standard InChI is InChI=1S/C11H11BrN2OS/c1-15-9-3-2-7(12)4-8(9)10-6-14-11(5-13)16-10/h2-4,6H,5,13H2,1H3. The molecular weight excluding hydrogens is 288 g/mol. The molecule has 0 unspecified atom stereocenters. The van der Waals surface area contributed by atoms with Crippen LogP contribution in [0.4, 0.5) is 0 Å². The SMILES string of the molecule is COc1ccc(Br)cc1-c1cnc(CN)s1. The Bertz CT molecular complexity index is 498. The van der Waals surface area contributed by atoms with Gasteiger partial charge in [0, 0.05) is 22.8 Å². The number of aromatic nitrogens is 1. The summed E-state index contributed by atoms with van der Waals surface area (Å²) in [6.07, 6.45) is 1.83. The summed E-state index contributed by atoms with van der Waals surface area (Å²) in [4.78, 5) is 5.31. The number of thiazole rings is 1. The normalized spacial score (nSPS) is 10.4. The molecular formula is C11H11BrN2OS. The zero-order valence-electron chi connectivity index (χ0n) is 8.74. The molecule has 2 N–H and O–H groups in total. The van der Waals surface area contributed by atoms with Crippen molar-refractivity contribution in [1.29, 1.82) is 0 Å². The van der Waals surface area contributed by atoms with Crippen LogP contribution in [0.25, 0.3) is 10.4 Å². The lowest BCUT2D eigenvalue weighted by Gasteiger charge is -2.06. The summed E-state index contributed by atoms with van der Waals surface area (Å²) >= 11 is 5.04. The van der Waals surface area contributed by atoms with Crippen molar-refractivity contribution in [3.63, 3.8) is 0 Å². The van der Waals surface area contributed by atoms with Crippen LogP contribution in [-0.4, -0.2) is 12.1 Å². The zero-order valence-corrected chi connectivity index (χ0v) is 11.1. The number of hydrogen-bond acceptors (Lipinski definition) is 4. The maximum atomic E-state index is 5.55. The molecule has 0 aliphatic heterocycles. The number of nitrogens with two attached hydrogens (primary N) is 1. The van der Waals surface area contributed by atoms with Crippen molar-refractivity contribution < 1.29 is 4.74 Å². The van der Waals surface area contributed by atoms with Crippen molar-refractivity contribution in [2.75, 3.05) is 7.11 Å². The highest BCUT2D eigenvalue weighted by Crippen LogP contribution is 2.35. The van der Waals surface area contributed by atoms with Crippen LogP contribution in [0.3, 0.4) is 0 Å². The van der Waals surface area contributed by atoms with E-state index in [9.17, 15) is 0 Å². The summed E-state index contributed by atoms with van der Waals surface area (Å²) in [6.45, 7) is 0.473. The largest absolute Gasteiger partial charge is 0.496 e. The fourth-order valence-corrected chi connectivity index (χ4v) is 2.58. The first kappa shape index (κ1) is 11.6. The van der Waals surface area contributed by atoms with E-state index in [0.717, 1.165) is 25.7 Å². The van der Waals surface area contributed by atoms with Crippen molar-refractivity contribution in [2.24, 2.45) is 5.73 Å². The molecule has 0 spiro atoms. The van der Waals surface area contributed by atoms with Crippen LogP contribution in [0.2, 0.25) is 0 Å². The fraction of sp³-hybridized carbons (Fsp3) is 0.182. The molecule has 2 aromatic rings. The van der Waals surface area contributed by atoms with Gasteiger partial charge in [0.25, 0.3) is 0 Å². The fourth-order valence-electron chi connectivity index (χ4n) is 1.40. The topological polar surface area (TPSA) is 48.1 Å². The van der Waals surface area contributed by atoms with Crippen LogP contribution in [0.15, 0.2) is 28.9 Å². The van der Waals surface area contributed by atoms with E-state index >= 15 is 0 Å². The van der Waals surface area contributed by atoms with Gasteiger partial charge < -0.3 is 10.5 Å². The van der Waals surface area contributed by atoms with Gasteiger partial charge in [-0.05, 0) is 18.2 Å². The first-order chi connectivity index (χ1) is 7.74. The van der Waals surface area contributed by atoms with E-state index in [1.807, 2.05) is 24.4 Å². The minimum Gasteiger partial charge on any atom is -0.496 e. The van der Waals surface area contributed by atoms with Crippen molar-refractivity contribution >= 4 is 27.3 Å². The van der Waals surface area contributed by atoms with Gasteiger partial charge in [0.15, 0.2) is 0 Å². The second kappa shape index (κ2) is 4.95. The Hall–Kier alpha value is -0.910. The Labute approximate surface area is 106 Å². The van der Waals surface area contributed by atoms with Crippen LogP contribution >= 0.6 is 27.3 Å². The van der Waals surface area contributed by atoms with Gasteiger partial charge >= 0.3 is 0 Å². The number of benzene rings is 1. The Morgan fingerprint density at radius 2 is 2.31 bits per heavy atom. The highest BCUT2D eigenvalue weighted by Gasteiger charge is 2.09. The van der Waals surface area contributed by atoms with Gasteiger partial charge in [-0.1, -0.05) is 15.9 Å². The minimum absolute atomic E-state index is 0.473. The number of halogens is 1. The Morgan fingerprint density at radius 3 is 2.94 bits per heavy atom. The van der Waals surface area contributed by atoms with E-state index in [0.29, 0.717) is 6.54 Å². The van der Waals surface area contributed by atoms with E-state index in [4.69, 9.17) is 10.5 Å². The third kappa shape index (κ3) is 2.26. The second-order valence-corrected chi connectivity index (χ2v) is 5.20. The third-order valence-electron chi connectivity index (χ3n) is 2.16. The molecule has 0 fully saturated rings.